The van der Waals surface area contributed by atoms with Crippen LogP contribution in [0.1, 0.15) is 29.2 Å². The number of hydrogen-bond donors (Lipinski definition) is 1. The third-order valence-corrected chi connectivity index (χ3v) is 2.55. The van der Waals surface area contributed by atoms with Gasteiger partial charge in [-0.1, -0.05) is 6.07 Å². The van der Waals surface area contributed by atoms with Crippen LogP contribution in [0.3, 0.4) is 0 Å². The summed E-state index contributed by atoms with van der Waals surface area (Å²) in [5.74, 6) is 0.983. The molecule has 0 aromatic heterocycles. The third-order valence-electron chi connectivity index (χ3n) is 2.55. The molecule has 0 spiro atoms. The summed E-state index contributed by atoms with van der Waals surface area (Å²) in [6.45, 7) is 4.92. The van der Waals surface area contributed by atoms with Crippen molar-refractivity contribution in [1.82, 2.24) is 0 Å². The molecule has 3 heteroatoms. The average molecular weight is 214 g/mol. The molecule has 0 fully saturated rings. The van der Waals surface area contributed by atoms with Crippen molar-refractivity contribution >= 4 is 12.4 Å². The fourth-order valence-electron chi connectivity index (χ4n) is 1.97. The molecule has 14 heavy (non-hydrogen) atoms. The van der Waals surface area contributed by atoms with Crippen LogP contribution in [0.25, 0.3) is 0 Å². The van der Waals surface area contributed by atoms with Gasteiger partial charge in [-0.2, -0.15) is 0 Å². The zero-order valence-electron chi connectivity index (χ0n) is 8.54. The number of ether oxygens (including phenoxy) is 1. The van der Waals surface area contributed by atoms with Gasteiger partial charge >= 0.3 is 0 Å². The van der Waals surface area contributed by atoms with E-state index in [1.807, 2.05) is 0 Å². The number of rotatable bonds is 0. The van der Waals surface area contributed by atoms with E-state index >= 15 is 0 Å². The first-order valence-electron chi connectivity index (χ1n) is 4.68. The molecule has 0 saturated heterocycles. The molecule has 2 N–H and O–H groups in total. The van der Waals surface area contributed by atoms with E-state index in [2.05, 4.69) is 26.0 Å². The summed E-state index contributed by atoms with van der Waals surface area (Å²) in [6.07, 6.45) is 0.927. The summed E-state index contributed by atoms with van der Waals surface area (Å²) >= 11 is 0. The zero-order valence-corrected chi connectivity index (χ0v) is 9.36. The number of benzene rings is 1. The predicted octanol–water partition coefficient (Wildman–Crippen LogP) is 2.51. The van der Waals surface area contributed by atoms with Crippen molar-refractivity contribution in [3.63, 3.8) is 0 Å². The normalized spacial score (nSPS) is 19.2. The standard InChI is InChI=1S/C11H15NO.ClH/c1-7-5-8(2)11-9(12)3-4-13-10(11)6-7;/h5-6,9H,3-4,12H2,1-2H3;1H. The average Bonchev–Trinajstić information content (AvgIpc) is 2.02. The molecule has 1 aromatic rings. The van der Waals surface area contributed by atoms with Crippen LogP contribution >= 0.6 is 12.4 Å². The molecule has 2 nitrogen and oxygen atoms in total. The largest absolute Gasteiger partial charge is 0.493 e. The molecule has 0 radical (unpaired) electrons. The number of nitrogens with two attached hydrogens (primary N) is 1. The van der Waals surface area contributed by atoms with Gasteiger partial charge in [0, 0.05) is 18.0 Å². The van der Waals surface area contributed by atoms with E-state index < -0.39 is 0 Å². The number of fused-ring (bicyclic) bond motifs is 1. The van der Waals surface area contributed by atoms with Gasteiger partial charge in [-0.3, -0.25) is 0 Å². The molecule has 2 rings (SSSR count). The molecule has 1 heterocycles. The van der Waals surface area contributed by atoms with Gasteiger partial charge in [0.1, 0.15) is 5.75 Å². The Bertz CT molecular complexity index is 338. The quantitative estimate of drug-likeness (QED) is 0.719. The summed E-state index contributed by atoms with van der Waals surface area (Å²) in [5, 5.41) is 0. The minimum absolute atomic E-state index is 0. The second-order valence-corrected chi connectivity index (χ2v) is 3.74. The van der Waals surface area contributed by atoms with E-state index in [0.717, 1.165) is 18.8 Å². The lowest BCUT2D eigenvalue weighted by Crippen LogP contribution is -2.21. The van der Waals surface area contributed by atoms with Gasteiger partial charge in [0.25, 0.3) is 0 Å². The summed E-state index contributed by atoms with van der Waals surface area (Å²) in [7, 11) is 0. The van der Waals surface area contributed by atoms with Crippen molar-refractivity contribution in [3.8, 4) is 5.75 Å². The van der Waals surface area contributed by atoms with Gasteiger partial charge in [-0.05, 0) is 31.0 Å². The van der Waals surface area contributed by atoms with Gasteiger partial charge in [-0.15, -0.1) is 12.4 Å². The maximum Gasteiger partial charge on any atom is 0.124 e. The van der Waals surface area contributed by atoms with Crippen LogP contribution in [-0.4, -0.2) is 6.61 Å². The first-order valence-corrected chi connectivity index (χ1v) is 4.68. The second kappa shape index (κ2) is 4.20. The first kappa shape index (κ1) is 11.3. The molecular formula is C11H16ClNO. The summed E-state index contributed by atoms with van der Waals surface area (Å²) in [4.78, 5) is 0. The maximum absolute atomic E-state index is 6.02. The van der Waals surface area contributed by atoms with Crippen LogP contribution in [-0.2, 0) is 0 Å². The molecule has 0 bridgehead atoms. The van der Waals surface area contributed by atoms with Gasteiger partial charge in [0.05, 0.1) is 6.61 Å². The van der Waals surface area contributed by atoms with E-state index in [9.17, 15) is 0 Å². The highest BCUT2D eigenvalue weighted by atomic mass is 35.5. The molecule has 0 aliphatic carbocycles. The SMILES string of the molecule is Cc1cc(C)c2c(c1)OCCC2N.Cl. The lowest BCUT2D eigenvalue weighted by atomic mass is 9.95. The topological polar surface area (TPSA) is 35.2 Å². The third kappa shape index (κ3) is 1.86. The van der Waals surface area contributed by atoms with Crippen molar-refractivity contribution in [2.24, 2.45) is 5.73 Å². The van der Waals surface area contributed by atoms with Crippen LogP contribution < -0.4 is 10.5 Å². The maximum atomic E-state index is 6.02. The van der Waals surface area contributed by atoms with Crippen molar-refractivity contribution < 1.29 is 4.74 Å². The minimum Gasteiger partial charge on any atom is -0.493 e. The lowest BCUT2D eigenvalue weighted by molar-refractivity contribution is 0.268. The highest BCUT2D eigenvalue weighted by Crippen LogP contribution is 2.33. The van der Waals surface area contributed by atoms with Crippen LogP contribution in [0, 0.1) is 13.8 Å². The fraction of sp³-hybridized carbons (Fsp3) is 0.455. The van der Waals surface area contributed by atoms with Crippen LogP contribution in [0.5, 0.6) is 5.75 Å². The Morgan fingerprint density at radius 3 is 2.79 bits per heavy atom. The molecule has 1 unspecified atom stereocenters. The van der Waals surface area contributed by atoms with E-state index in [-0.39, 0.29) is 18.4 Å². The number of aryl methyl sites for hydroxylation is 2. The van der Waals surface area contributed by atoms with Crippen molar-refractivity contribution in [3.05, 3.63) is 28.8 Å². The summed E-state index contributed by atoms with van der Waals surface area (Å²) < 4.78 is 5.58. The Hall–Kier alpha value is -0.730. The van der Waals surface area contributed by atoms with Crippen molar-refractivity contribution in [1.29, 1.82) is 0 Å². The highest BCUT2D eigenvalue weighted by Gasteiger charge is 2.19. The van der Waals surface area contributed by atoms with Gasteiger partial charge < -0.3 is 10.5 Å². The predicted molar refractivity (Wildman–Crippen MR) is 60.2 cm³/mol. The Kier molecular flexibility index (Phi) is 3.40. The van der Waals surface area contributed by atoms with Crippen LogP contribution in [0.15, 0.2) is 12.1 Å². The molecule has 78 valence electrons. The van der Waals surface area contributed by atoms with Crippen LogP contribution in [0.4, 0.5) is 0 Å². The van der Waals surface area contributed by atoms with E-state index in [4.69, 9.17) is 10.5 Å². The Labute approximate surface area is 90.9 Å². The number of hydrogen-bond acceptors (Lipinski definition) is 2. The van der Waals surface area contributed by atoms with Crippen LogP contribution in [0.2, 0.25) is 0 Å². The molecule has 1 atom stereocenters. The second-order valence-electron chi connectivity index (χ2n) is 3.74. The molecular weight excluding hydrogens is 198 g/mol. The zero-order chi connectivity index (χ0) is 9.42. The molecule has 1 aromatic carbocycles. The highest BCUT2D eigenvalue weighted by molar-refractivity contribution is 5.85. The van der Waals surface area contributed by atoms with Gasteiger partial charge in [0.15, 0.2) is 0 Å². The molecule has 0 saturated carbocycles. The van der Waals surface area contributed by atoms with Crippen molar-refractivity contribution in [2.75, 3.05) is 6.61 Å². The lowest BCUT2D eigenvalue weighted by Gasteiger charge is -2.25. The molecule has 1 aliphatic rings. The van der Waals surface area contributed by atoms with Gasteiger partial charge in [-0.25, -0.2) is 0 Å². The monoisotopic (exact) mass is 213 g/mol. The summed E-state index contributed by atoms with van der Waals surface area (Å²) in [6, 6.07) is 4.39. The van der Waals surface area contributed by atoms with E-state index in [0.29, 0.717) is 0 Å². The Morgan fingerprint density at radius 2 is 2.07 bits per heavy atom. The summed E-state index contributed by atoms with van der Waals surface area (Å²) in [5.41, 5.74) is 9.70. The van der Waals surface area contributed by atoms with Crippen molar-refractivity contribution in [2.45, 2.75) is 26.3 Å². The fourth-order valence-corrected chi connectivity index (χ4v) is 1.97. The minimum atomic E-state index is 0. The Morgan fingerprint density at radius 1 is 1.36 bits per heavy atom. The Balaban J connectivity index is 0.000000980. The molecule has 1 aliphatic heterocycles. The van der Waals surface area contributed by atoms with E-state index in [1.54, 1.807) is 0 Å². The first-order chi connectivity index (χ1) is 6.18. The van der Waals surface area contributed by atoms with E-state index in [1.165, 1.54) is 16.7 Å². The van der Waals surface area contributed by atoms with Gasteiger partial charge in [0.2, 0.25) is 0 Å². The smallest absolute Gasteiger partial charge is 0.124 e. The molecule has 0 amide bonds. The number of halogens is 1.